The van der Waals surface area contributed by atoms with E-state index in [1.54, 1.807) is 20.1 Å². The lowest BCUT2D eigenvalue weighted by molar-refractivity contribution is -0.111. The summed E-state index contributed by atoms with van der Waals surface area (Å²) in [6.45, 7) is 1.69. The molecule has 0 atom stereocenters. The summed E-state index contributed by atoms with van der Waals surface area (Å²) in [5.74, 6) is -0.0412. The van der Waals surface area contributed by atoms with Crippen molar-refractivity contribution in [1.82, 2.24) is 4.98 Å². The molecule has 1 aromatic carbocycles. The van der Waals surface area contributed by atoms with Crippen LogP contribution in [0.1, 0.15) is 20.9 Å². The molecule has 7 heteroatoms. The van der Waals surface area contributed by atoms with Crippen LogP contribution in [0.15, 0.2) is 30.3 Å². The molecule has 1 amide bonds. The van der Waals surface area contributed by atoms with Crippen LogP contribution in [0.2, 0.25) is 0 Å². The maximum Gasteiger partial charge on any atom is 0.350 e. The molecule has 0 aliphatic carbocycles. The molecule has 6 nitrogen and oxygen atoms in total. The number of aryl methyl sites for hydroxylation is 1. The van der Waals surface area contributed by atoms with Crippen LogP contribution in [-0.4, -0.2) is 31.1 Å². The minimum absolute atomic E-state index is 0.328. The first-order valence-corrected chi connectivity index (χ1v) is 7.54. The van der Waals surface area contributed by atoms with E-state index in [0.29, 0.717) is 15.7 Å². The average Bonchev–Trinajstić information content (AvgIpc) is 2.93. The van der Waals surface area contributed by atoms with Crippen LogP contribution in [0.4, 0.5) is 5.13 Å². The van der Waals surface area contributed by atoms with Crippen molar-refractivity contribution in [3.05, 3.63) is 46.5 Å². The summed E-state index contributed by atoms with van der Waals surface area (Å²) in [5.41, 5.74) is 1.39. The molecule has 2 rings (SSSR count). The first-order chi connectivity index (χ1) is 11.0. The Labute approximate surface area is 137 Å². The Morgan fingerprint density at radius 1 is 1.22 bits per heavy atom. The van der Waals surface area contributed by atoms with Gasteiger partial charge >= 0.3 is 5.97 Å². The molecule has 0 aliphatic rings. The second-order valence-corrected chi connectivity index (χ2v) is 5.52. The molecule has 1 heterocycles. The van der Waals surface area contributed by atoms with Gasteiger partial charge in [0.25, 0.3) is 0 Å². The molecular formula is C16H16N2O4S. The Kier molecular flexibility index (Phi) is 5.48. The number of aromatic nitrogens is 1. The Bertz CT molecular complexity index is 735. The second kappa shape index (κ2) is 7.55. The molecule has 1 aromatic heterocycles. The van der Waals surface area contributed by atoms with Crippen LogP contribution in [0.3, 0.4) is 0 Å². The first kappa shape index (κ1) is 16.7. The third-order valence-corrected chi connectivity index (χ3v) is 3.99. The third-order valence-electron chi connectivity index (χ3n) is 2.94. The summed E-state index contributed by atoms with van der Waals surface area (Å²) in [6.07, 6.45) is 3.08. The first-order valence-electron chi connectivity index (χ1n) is 6.72. The topological polar surface area (TPSA) is 77.5 Å². The van der Waals surface area contributed by atoms with Crippen molar-refractivity contribution < 1.29 is 19.1 Å². The Hall–Kier alpha value is -2.67. The van der Waals surface area contributed by atoms with Crippen molar-refractivity contribution in [1.29, 1.82) is 0 Å². The highest BCUT2D eigenvalue weighted by atomic mass is 32.1. The van der Waals surface area contributed by atoms with Gasteiger partial charge < -0.3 is 9.47 Å². The van der Waals surface area contributed by atoms with Gasteiger partial charge in [-0.15, -0.1) is 0 Å². The quantitative estimate of drug-likeness (QED) is 0.673. The number of methoxy groups -OCH3 is 2. The average molecular weight is 332 g/mol. The summed E-state index contributed by atoms with van der Waals surface area (Å²) < 4.78 is 9.72. The number of hydrogen-bond donors (Lipinski definition) is 1. The molecule has 0 unspecified atom stereocenters. The predicted octanol–water partition coefficient (Wildman–Crippen LogP) is 2.90. The molecule has 23 heavy (non-hydrogen) atoms. The fourth-order valence-corrected chi connectivity index (χ4v) is 2.65. The number of nitrogens with zero attached hydrogens (tertiary/aromatic N) is 1. The molecule has 1 N–H and O–H groups in total. The van der Waals surface area contributed by atoms with Crippen molar-refractivity contribution in [3.8, 4) is 5.75 Å². The van der Waals surface area contributed by atoms with E-state index >= 15 is 0 Å². The summed E-state index contributed by atoms with van der Waals surface area (Å²) >= 11 is 1.08. The molecule has 120 valence electrons. The van der Waals surface area contributed by atoms with E-state index in [1.165, 1.54) is 13.2 Å². The SMILES string of the molecule is COC(=O)c1sc(NC(=O)/C=C/c2ccc(OC)cc2)nc1C. The van der Waals surface area contributed by atoms with Gasteiger partial charge in [-0.05, 0) is 30.7 Å². The number of amides is 1. The maximum absolute atomic E-state index is 11.9. The van der Waals surface area contributed by atoms with Crippen molar-refractivity contribution >= 4 is 34.4 Å². The van der Waals surface area contributed by atoms with Gasteiger partial charge in [-0.25, -0.2) is 9.78 Å². The van der Waals surface area contributed by atoms with E-state index in [9.17, 15) is 9.59 Å². The van der Waals surface area contributed by atoms with Crippen LogP contribution in [0.5, 0.6) is 5.75 Å². The number of hydrogen-bond acceptors (Lipinski definition) is 6. The molecule has 0 aliphatic heterocycles. The normalized spacial score (nSPS) is 10.6. The molecule has 0 fully saturated rings. The third kappa shape index (κ3) is 4.40. The standard InChI is InChI=1S/C16H16N2O4S/c1-10-14(15(20)22-3)23-16(17-10)18-13(19)9-6-11-4-7-12(21-2)8-5-11/h4-9H,1-3H3,(H,17,18,19)/b9-6+. The zero-order valence-electron chi connectivity index (χ0n) is 13.0. The molecule has 0 bridgehead atoms. The van der Waals surface area contributed by atoms with E-state index < -0.39 is 5.97 Å². The lowest BCUT2D eigenvalue weighted by Crippen LogP contribution is -2.07. The Morgan fingerprint density at radius 2 is 1.91 bits per heavy atom. The number of thiazole rings is 1. The number of benzene rings is 1. The Balaban J connectivity index is 2.01. The number of rotatable bonds is 5. The smallest absolute Gasteiger partial charge is 0.350 e. The van der Waals surface area contributed by atoms with Crippen molar-refractivity contribution in [2.24, 2.45) is 0 Å². The van der Waals surface area contributed by atoms with Crippen LogP contribution in [-0.2, 0) is 9.53 Å². The molecule has 0 spiro atoms. The van der Waals surface area contributed by atoms with Crippen molar-refractivity contribution in [2.75, 3.05) is 19.5 Å². The van der Waals surface area contributed by atoms with Crippen molar-refractivity contribution in [2.45, 2.75) is 6.92 Å². The number of carbonyl (C=O) groups is 2. The van der Waals surface area contributed by atoms with Crippen LogP contribution >= 0.6 is 11.3 Å². The van der Waals surface area contributed by atoms with E-state index in [4.69, 9.17) is 4.74 Å². The maximum atomic E-state index is 11.9. The van der Waals surface area contributed by atoms with E-state index in [-0.39, 0.29) is 5.91 Å². The highest BCUT2D eigenvalue weighted by molar-refractivity contribution is 7.17. The lowest BCUT2D eigenvalue weighted by atomic mass is 10.2. The molecule has 0 saturated carbocycles. The summed E-state index contributed by atoms with van der Waals surface area (Å²) in [7, 11) is 2.90. The summed E-state index contributed by atoms with van der Waals surface area (Å²) in [5, 5.41) is 2.98. The highest BCUT2D eigenvalue weighted by Gasteiger charge is 2.16. The van der Waals surface area contributed by atoms with Crippen LogP contribution in [0, 0.1) is 6.92 Å². The van der Waals surface area contributed by atoms with E-state index in [1.807, 2.05) is 24.3 Å². The summed E-state index contributed by atoms with van der Waals surface area (Å²) in [4.78, 5) is 27.9. The number of anilines is 1. The largest absolute Gasteiger partial charge is 0.497 e. The van der Waals surface area contributed by atoms with E-state index in [0.717, 1.165) is 22.6 Å². The zero-order chi connectivity index (χ0) is 16.8. The molecular weight excluding hydrogens is 316 g/mol. The van der Waals surface area contributed by atoms with Gasteiger partial charge in [0.05, 0.1) is 19.9 Å². The van der Waals surface area contributed by atoms with E-state index in [2.05, 4.69) is 15.0 Å². The van der Waals surface area contributed by atoms with Gasteiger partial charge in [0.1, 0.15) is 10.6 Å². The van der Waals surface area contributed by atoms with Crippen LogP contribution in [0.25, 0.3) is 6.08 Å². The van der Waals surface area contributed by atoms with Gasteiger partial charge in [0.15, 0.2) is 5.13 Å². The molecule has 0 radical (unpaired) electrons. The fourth-order valence-electron chi connectivity index (χ4n) is 1.77. The monoisotopic (exact) mass is 332 g/mol. The Morgan fingerprint density at radius 3 is 2.52 bits per heavy atom. The highest BCUT2D eigenvalue weighted by Crippen LogP contribution is 2.23. The van der Waals surface area contributed by atoms with Gasteiger partial charge in [0.2, 0.25) is 5.91 Å². The fraction of sp³-hybridized carbons (Fsp3) is 0.188. The summed E-state index contributed by atoms with van der Waals surface area (Å²) in [6, 6.07) is 7.30. The minimum Gasteiger partial charge on any atom is -0.497 e. The zero-order valence-corrected chi connectivity index (χ0v) is 13.8. The van der Waals surface area contributed by atoms with Gasteiger partial charge in [0, 0.05) is 6.08 Å². The number of nitrogens with one attached hydrogen (secondary N) is 1. The number of ether oxygens (including phenoxy) is 2. The van der Waals surface area contributed by atoms with Gasteiger partial charge in [-0.2, -0.15) is 0 Å². The molecule has 2 aromatic rings. The van der Waals surface area contributed by atoms with Gasteiger partial charge in [-0.1, -0.05) is 23.5 Å². The number of carbonyl (C=O) groups excluding carboxylic acids is 2. The molecule has 0 saturated heterocycles. The second-order valence-electron chi connectivity index (χ2n) is 4.52. The van der Waals surface area contributed by atoms with Crippen molar-refractivity contribution in [3.63, 3.8) is 0 Å². The predicted molar refractivity (Wildman–Crippen MR) is 88.8 cm³/mol. The van der Waals surface area contributed by atoms with Gasteiger partial charge in [-0.3, -0.25) is 10.1 Å². The lowest BCUT2D eigenvalue weighted by Gasteiger charge is -1.99. The number of esters is 1. The van der Waals surface area contributed by atoms with Crippen LogP contribution < -0.4 is 10.1 Å². The minimum atomic E-state index is -0.464.